The van der Waals surface area contributed by atoms with E-state index >= 15 is 0 Å². The zero-order valence-corrected chi connectivity index (χ0v) is 7.83. The van der Waals surface area contributed by atoms with Gasteiger partial charge in [-0.2, -0.15) is 0 Å². The molecule has 0 aliphatic heterocycles. The molecule has 0 radical (unpaired) electrons. The van der Waals surface area contributed by atoms with Gasteiger partial charge in [0.25, 0.3) is 0 Å². The van der Waals surface area contributed by atoms with Crippen LogP contribution in [0.3, 0.4) is 0 Å². The van der Waals surface area contributed by atoms with Gasteiger partial charge in [0.05, 0.1) is 6.10 Å². The second-order valence-electron chi connectivity index (χ2n) is 2.41. The van der Waals surface area contributed by atoms with E-state index in [0.717, 1.165) is 6.54 Å². The molecule has 0 bridgehead atoms. The highest BCUT2D eigenvalue weighted by atomic mass is 35.5. The number of nitrogens with one attached hydrogen (secondary N) is 1. The van der Waals surface area contributed by atoms with Crippen molar-refractivity contribution < 1.29 is 4.84 Å². The fraction of sp³-hybridized carbons (Fsp3) is 1.00. The SMILES string of the molecule is CCCCNOC(C)C.Cl. The molecule has 10 heavy (non-hydrogen) atoms. The smallest absolute Gasteiger partial charge is 0.0734 e. The van der Waals surface area contributed by atoms with Crippen LogP contribution in [0.4, 0.5) is 0 Å². The van der Waals surface area contributed by atoms with E-state index in [1.54, 1.807) is 0 Å². The van der Waals surface area contributed by atoms with Gasteiger partial charge >= 0.3 is 0 Å². The maximum Gasteiger partial charge on any atom is 0.0734 e. The second-order valence-corrected chi connectivity index (χ2v) is 2.41. The minimum Gasteiger partial charge on any atom is -0.299 e. The fourth-order valence-corrected chi connectivity index (χ4v) is 0.475. The molecule has 1 N–H and O–H groups in total. The third kappa shape index (κ3) is 11.1. The topological polar surface area (TPSA) is 21.3 Å². The van der Waals surface area contributed by atoms with Crippen molar-refractivity contribution in [2.45, 2.75) is 39.7 Å². The number of rotatable bonds is 5. The summed E-state index contributed by atoms with van der Waals surface area (Å²) in [5, 5.41) is 0. The first kappa shape index (κ1) is 12.8. The molecule has 0 unspecified atom stereocenters. The second kappa shape index (κ2) is 9.21. The quantitative estimate of drug-likeness (QED) is 0.501. The van der Waals surface area contributed by atoms with Gasteiger partial charge in [0.2, 0.25) is 0 Å². The number of hydroxylamine groups is 1. The lowest BCUT2D eigenvalue weighted by molar-refractivity contribution is -0.00511. The third-order valence-electron chi connectivity index (χ3n) is 0.951. The van der Waals surface area contributed by atoms with E-state index in [9.17, 15) is 0 Å². The number of unbranched alkanes of at least 4 members (excludes halogenated alkanes) is 1. The summed E-state index contributed by atoms with van der Waals surface area (Å²) < 4.78 is 0. The Balaban J connectivity index is 0. The summed E-state index contributed by atoms with van der Waals surface area (Å²) >= 11 is 0. The van der Waals surface area contributed by atoms with Crippen LogP contribution in [-0.2, 0) is 4.84 Å². The van der Waals surface area contributed by atoms with E-state index in [1.807, 2.05) is 13.8 Å². The van der Waals surface area contributed by atoms with Crippen molar-refractivity contribution in [3.05, 3.63) is 0 Å². The fourth-order valence-electron chi connectivity index (χ4n) is 0.475. The van der Waals surface area contributed by atoms with E-state index in [4.69, 9.17) is 4.84 Å². The predicted molar refractivity (Wildman–Crippen MR) is 46.4 cm³/mol. The van der Waals surface area contributed by atoms with Crippen LogP contribution in [0.5, 0.6) is 0 Å². The van der Waals surface area contributed by atoms with Gasteiger partial charge in [-0.1, -0.05) is 13.3 Å². The summed E-state index contributed by atoms with van der Waals surface area (Å²) in [5.74, 6) is 0. The monoisotopic (exact) mass is 167 g/mol. The molecule has 0 aromatic heterocycles. The van der Waals surface area contributed by atoms with Crippen LogP contribution in [0.2, 0.25) is 0 Å². The Morgan fingerprint density at radius 1 is 1.40 bits per heavy atom. The highest BCUT2D eigenvalue weighted by molar-refractivity contribution is 5.85. The van der Waals surface area contributed by atoms with Gasteiger partial charge in [0.15, 0.2) is 0 Å². The van der Waals surface area contributed by atoms with Crippen molar-refractivity contribution in [2.75, 3.05) is 6.54 Å². The van der Waals surface area contributed by atoms with Gasteiger partial charge in [-0.3, -0.25) is 4.84 Å². The Labute approximate surface area is 69.7 Å². The number of hydrogen-bond donors (Lipinski definition) is 1. The molecule has 0 rings (SSSR count). The molecule has 0 heterocycles. The van der Waals surface area contributed by atoms with Crippen LogP contribution < -0.4 is 5.48 Å². The molecule has 0 spiro atoms. The number of hydrogen-bond acceptors (Lipinski definition) is 2. The van der Waals surface area contributed by atoms with E-state index in [1.165, 1.54) is 12.8 Å². The third-order valence-corrected chi connectivity index (χ3v) is 0.951. The molecule has 0 aromatic rings. The zero-order valence-electron chi connectivity index (χ0n) is 7.02. The van der Waals surface area contributed by atoms with E-state index < -0.39 is 0 Å². The molecule has 0 aliphatic carbocycles. The Kier molecular flexibility index (Phi) is 11.8. The van der Waals surface area contributed by atoms with Crippen molar-refractivity contribution in [1.82, 2.24) is 5.48 Å². The Hall–Kier alpha value is 0.210. The lowest BCUT2D eigenvalue weighted by Gasteiger charge is -2.06. The minimum atomic E-state index is 0. The maximum absolute atomic E-state index is 5.09. The molecule has 0 aliphatic rings. The highest BCUT2D eigenvalue weighted by Gasteiger charge is 1.89. The van der Waals surface area contributed by atoms with Gasteiger partial charge in [-0.15, -0.1) is 12.4 Å². The van der Waals surface area contributed by atoms with Gasteiger partial charge in [0.1, 0.15) is 0 Å². The van der Waals surface area contributed by atoms with Gasteiger partial charge in [-0.05, 0) is 20.3 Å². The standard InChI is InChI=1S/C7H17NO.ClH/c1-4-5-6-8-9-7(2)3;/h7-8H,4-6H2,1-3H3;1H. The summed E-state index contributed by atoms with van der Waals surface area (Å²) in [7, 11) is 0. The van der Waals surface area contributed by atoms with Crippen LogP contribution in [0, 0.1) is 0 Å². The summed E-state index contributed by atoms with van der Waals surface area (Å²) in [6, 6.07) is 0. The average molecular weight is 168 g/mol. The molecule has 0 saturated carbocycles. The Bertz CT molecular complexity index is 59.6. The van der Waals surface area contributed by atoms with Crippen LogP contribution in [-0.4, -0.2) is 12.6 Å². The van der Waals surface area contributed by atoms with Crippen LogP contribution in [0.15, 0.2) is 0 Å². The summed E-state index contributed by atoms with van der Waals surface area (Å²) in [6.07, 6.45) is 2.70. The summed E-state index contributed by atoms with van der Waals surface area (Å²) in [6.45, 7) is 7.16. The van der Waals surface area contributed by atoms with Gasteiger partial charge < -0.3 is 0 Å². The molecule has 0 fully saturated rings. The largest absolute Gasteiger partial charge is 0.299 e. The van der Waals surface area contributed by atoms with Crippen molar-refractivity contribution in [3.63, 3.8) is 0 Å². The average Bonchev–Trinajstić information content (AvgIpc) is 1.80. The van der Waals surface area contributed by atoms with E-state index in [0.29, 0.717) is 6.10 Å². The Morgan fingerprint density at radius 2 is 2.00 bits per heavy atom. The lowest BCUT2D eigenvalue weighted by Crippen LogP contribution is -2.20. The van der Waals surface area contributed by atoms with Crippen molar-refractivity contribution in [3.8, 4) is 0 Å². The first-order valence-electron chi connectivity index (χ1n) is 3.66. The first-order chi connectivity index (χ1) is 4.27. The lowest BCUT2D eigenvalue weighted by atomic mass is 10.3. The molecule has 3 heteroatoms. The molecular formula is C7H18ClNO. The summed E-state index contributed by atoms with van der Waals surface area (Å²) in [5.41, 5.74) is 2.89. The normalized spacial score (nSPS) is 9.60. The first-order valence-corrected chi connectivity index (χ1v) is 3.66. The van der Waals surface area contributed by atoms with Crippen molar-refractivity contribution in [2.24, 2.45) is 0 Å². The van der Waals surface area contributed by atoms with E-state index in [-0.39, 0.29) is 12.4 Å². The molecule has 0 amide bonds. The number of halogens is 1. The molecular weight excluding hydrogens is 150 g/mol. The summed E-state index contributed by atoms with van der Waals surface area (Å²) in [4.78, 5) is 5.09. The highest BCUT2D eigenvalue weighted by Crippen LogP contribution is 1.85. The Morgan fingerprint density at radius 3 is 2.40 bits per heavy atom. The molecule has 0 atom stereocenters. The van der Waals surface area contributed by atoms with Crippen molar-refractivity contribution in [1.29, 1.82) is 0 Å². The van der Waals surface area contributed by atoms with Crippen LogP contribution >= 0.6 is 12.4 Å². The molecule has 64 valence electrons. The molecule has 2 nitrogen and oxygen atoms in total. The zero-order chi connectivity index (χ0) is 7.11. The molecule has 0 aromatic carbocycles. The maximum atomic E-state index is 5.09. The van der Waals surface area contributed by atoms with E-state index in [2.05, 4.69) is 12.4 Å². The van der Waals surface area contributed by atoms with Gasteiger partial charge in [-0.25, -0.2) is 5.48 Å². The predicted octanol–water partition coefficient (Wildman–Crippen LogP) is 2.14. The molecule has 0 saturated heterocycles. The van der Waals surface area contributed by atoms with Crippen LogP contribution in [0.25, 0.3) is 0 Å². The minimum absolute atomic E-state index is 0. The van der Waals surface area contributed by atoms with Crippen LogP contribution in [0.1, 0.15) is 33.6 Å². The van der Waals surface area contributed by atoms with Crippen molar-refractivity contribution >= 4 is 12.4 Å². The van der Waals surface area contributed by atoms with Gasteiger partial charge in [0, 0.05) is 6.54 Å².